The first-order valence-electron chi connectivity index (χ1n) is 13.6. The lowest BCUT2D eigenvalue weighted by atomic mass is 9.73. The van der Waals surface area contributed by atoms with Crippen molar-refractivity contribution in [1.29, 1.82) is 0 Å². The van der Waals surface area contributed by atoms with Crippen LogP contribution in [0.5, 0.6) is 0 Å². The Labute approximate surface area is 225 Å². The summed E-state index contributed by atoms with van der Waals surface area (Å²) in [5.41, 5.74) is 7.07. The molecule has 0 aliphatic rings. The van der Waals surface area contributed by atoms with Gasteiger partial charge < -0.3 is 14.8 Å². The van der Waals surface area contributed by atoms with Gasteiger partial charge in [0.25, 0.3) is 0 Å². The Morgan fingerprint density at radius 1 is 1.00 bits per heavy atom. The van der Waals surface area contributed by atoms with Crippen LogP contribution in [0.1, 0.15) is 62.6 Å². The van der Waals surface area contributed by atoms with Gasteiger partial charge in [-0.05, 0) is 65.1 Å². The Hall–Kier alpha value is -3.86. The first kappa shape index (κ1) is 27.2. The summed E-state index contributed by atoms with van der Waals surface area (Å²) in [5.74, 6) is 1.33. The molecule has 3 atom stereocenters. The summed E-state index contributed by atoms with van der Waals surface area (Å²) in [4.78, 5) is 15.4. The number of oxazole rings is 1. The zero-order valence-electron chi connectivity index (χ0n) is 22.6. The van der Waals surface area contributed by atoms with E-state index in [1.807, 2.05) is 24.3 Å². The van der Waals surface area contributed by atoms with Crippen LogP contribution in [0.25, 0.3) is 28.3 Å². The van der Waals surface area contributed by atoms with E-state index in [1.54, 1.807) is 0 Å². The predicted octanol–water partition coefficient (Wildman–Crippen LogP) is 7.93. The summed E-state index contributed by atoms with van der Waals surface area (Å²) >= 11 is 0. The molecule has 0 aliphatic carbocycles. The van der Waals surface area contributed by atoms with Gasteiger partial charge in [0.15, 0.2) is 5.58 Å². The van der Waals surface area contributed by atoms with Crippen molar-refractivity contribution < 1.29 is 14.3 Å². The summed E-state index contributed by atoms with van der Waals surface area (Å²) in [5, 5.41) is 11.9. The van der Waals surface area contributed by atoms with E-state index < -0.39 is 5.97 Å². The molecule has 0 amide bonds. The van der Waals surface area contributed by atoms with Crippen LogP contribution >= 0.6 is 0 Å². The Morgan fingerprint density at radius 3 is 2.34 bits per heavy atom. The van der Waals surface area contributed by atoms with Crippen LogP contribution in [0, 0.1) is 11.8 Å². The maximum atomic E-state index is 10.8. The molecule has 0 saturated carbocycles. The van der Waals surface area contributed by atoms with Crippen molar-refractivity contribution >= 4 is 22.8 Å². The molecule has 0 saturated heterocycles. The van der Waals surface area contributed by atoms with Crippen LogP contribution in [0.3, 0.4) is 0 Å². The number of para-hydroxylation sites is 2. The molecule has 5 heteroatoms. The van der Waals surface area contributed by atoms with Crippen molar-refractivity contribution in [3.8, 4) is 11.5 Å². The van der Waals surface area contributed by atoms with Crippen LogP contribution in [-0.4, -0.2) is 22.6 Å². The minimum Gasteiger partial charge on any atom is -0.481 e. The van der Waals surface area contributed by atoms with Gasteiger partial charge in [-0.2, -0.15) is 0 Å². The summed E-state index contributed by atoms with van der Waals surface area (Å²) in [6.07, 6.45) is 3.28. The second-order valence-corrected chi connectivity index (χ2v) is 10.1. The molecule has 198 valence electrons. The van der Waals surface area contributed by atoms with Gasteiger partial charge in [-0.3, -0.25) is 4.79 Å². The van der Waals surface area contributed by atoms with Crippen LogP contribution in [-0.2, 0) is 11.2 Å². The van der Waals surface area contributed by atoms with Gasteiger partial charge in [0.05, 0.1) is 6.42 Å². The van der Waals surface area contributed by atoms with Gasteiger partial charge in [-0.1, -0.05) is 88.7 Å². The molecule has 2 N–H and O–H groups in total. The maximum absolute atomic E-state index is 10.8. The summed E-state index contributed by atoms with van der Waals surface area (Å²) < 4.78 is 5.98. The smallest absolute Gasteiger partial charge is 0.305 e. The van der Waals surface area contributed by atoms with Gasteiger partial charge >= 0.3 is 5.97 Å². The normalized spacial score (nSPS) is 13.7. The number of aromatic nitrogens is 1. The molecule has 1 aromatic heterocycles. The molecule has 0 bridgehead atoms. The molecule has 0 radical (unpaired) electrons. The zero-order valence-corrected chi connectivity index (χ0v) is 22.6. The number of fused-ring (bicyclic) bond motifs is 1. The maximum Gasteiger partial charge on any atom is 0.305 e. The van der Waals surface area contributed by atoms with Gasteiger partial charge in [0.2, 0.25) is 5.89 Å². The number of aliphatic carboxylic acids is 1. The van der Waals surface area contributed by atoms with Crippen molar-refractivity contribution in [2.24, 2.45) is 11.8 Å². The Kier molecular flexibility index (Phi) is 9.01. The van der Waals surface area contributed by atoms with E-state index in [0.717, 1.165) is 47.2 Å². The van der Waals surface area contributed by atoms with Crippen molar-refractivity contribution in [1.82, 2.24) is 10.3 Å². The number of nitrogens with zero attached hydrogens (tertiary/aromatic N) is 1. The van der Waals surface area contributed by atoms with E-state index >= 15 is 0 Å². The summed E-state index contributed by atoms with van der Waals surface area (Å²) in [7, 11) is 0. The SMILES string of the molecule is C=C(NCCC(=O)O)c1ccc(CC(CC)[C@@H](c2ccc(-c3nc4ccccc4o3)cc2)C(C)CC)cc1. The van der Waals surface area contributed by atoms with Gasteiger partial charge in [-0.15, -0.1) is 0 Å². The average Bonchev–Trinajstić information content (AvgIpc) is 3.37. The number of rotatable bonds is 13. The molecular weight excluding hydrogens is 472 g/mol. The number of benzene rings is 3. The van der Waals surface area contributed by atoms with E-state index in [2.05, 4.69) is 86.2 Å². The largest absolute Gasteiger partial charge is 0.481 e. The van der Waals surface area contributed by atoms with Crippen LogP contribution in [0.2, 0.25) is 0 Å². The molecule has 0 spiro atoms. The topological polar surface area (TPSA) is 75.4 Å². The molecule has 2 unspecified atom stereocenters. The fraction of sp³-hybridized carbons (Fsp3) is 0.333. The highest BCUT2D eigenvalue weighted by molar-refractivity contribution is 5.76. The van der Waals surface area contributed by atoms with Crippen LogP contribution in [0.15, 0.2) is 83.8 Å². The zero-order chi connectivity index (χ0) is 27.1. The second kappa shape index (κ2) is 12.6. The van der Waals surface area contributed by atoms with E-state index in [4.69, 9.17) is 9.52 Å². The fourth-order valence-corrected chi connectivity index (χ4v) is 5.26. The first-order valence-corrected chi connectivity index (χ1v) is 13.6. The average molecular weight is 511 g/mol. The number of carboxylic acids is 1. The molecule has 4 rings (SSSR count). The summed E-state index contributed by atoms with van der Waals surface area (Å²) in [6, 6.07) is 25.1. The molecule has 38 heavy (non-hydrogen) atoms. The number of hydrogen-bond donors (Lipinski definition) is 2. The minimum atomic E-state index is -0.817. The molecule has 1 heterocycles. The third-order valence-electron chi connectivity index (χ3n) is 7.60. The van der Waals surface area contributed by atoms with Gasteiger partial charge in [-0.25, -0.2) is 4.98 Å². The molecule has 0 fully saturated rings. The molecule has 3 aromatic carbocycles. The van der Waals surface area contributed by atoms with Crippen molar-refractivity contribution in [2.45, 2.75) is 52.4 Å². The third kappa shape index (κ3) is 6.52. The monoisotopic (exact) mass is 510 g/mol. The highest BCUT2D eigenvalue weighted by Gasteiger charge is 2.27. The minimum absolute atomic E-state index is 0.0715. The lowest BCUT2D eigenvalue weighted by Crippen LogP contribution is -2.21. The Morgan fingerprint density at radius 2 is 1.71 bits per heavy atom. The van der Waals surface area contributed by atoms with E-state index in [1.165, 1.54) is 11.1 Å². The Balaban J connectivity index is 1.49. The fourth-order valence-electron chi connectivity index (χ4n) is 5.26. The third-order valence-corrected chi connectivity index (χ3v) is 7.60. The van der Waals surface area contributed by atoms with E-state index in [-0.39, 0.29) is 6.42 Å². The first-order chi connectivity index (χ1) is 18.4. The number of carbonyl (C=O) groups is 1. The highest BCUT2D eigenvalue weighted by atomic mass is 16.4. The van der Waals surface area contributed by atoms with E-state index in [0.29, 0.717) is 30.2 Å². The van der Waals surface area contributed by atoms with Crippen molar-refractivity contribution in [3.05, 3.63) is 96.1 Å². The lowest BCUT2D eigenvalue weighted by Gasteiger charge is -2.32. The predicted molar refractivity (Wildman–Crippen MR) is 155 cm³/mol. The van der Waals surface area contributed by atoms with Crippen LogP contribution in [0.4, 0.5) is 0 Å². The molecule has 4 aromatic rings. The molecule has 0 aliphatic heterocycles. The van der Waals surface area contributed by atoms with Crippen molar-refractivity contribution in [2.75, 3.05) is 6.54 Å². The molecular formula is C33H38N2O3. The van der Waals surface area contributed by atoms with Crippen LogP contribution < -0.4 is 5.32 Å². The number of hydrogen-bond acceptors (Lipinski definition) is 4. The van der Waals surface area contributed by atoms with Crippen molar-refractivity contribution in [3.63, 3.8) is 0 Å². The highest BCUT2D eigenvalue weighted by Crippen LogP contribution is 2.38. The van der Waals surface area contributed by atoms with E-state index in [9.17, 15) is 4.79 Å². The summed E-state index contributed by atoms with van der Waals surface area (Å²) in [6.45, 7) is 11.3. The number of nitrogens with one attached hydrogen (secondary N) is 1. The number of carboxylic acid groups (broad SMARTS) is 1. The van der Waals surface area contributed by atoms with Gasteiger partial charge in [0, 0.05) is 17.8 Å². The Bertz CT molecular complexity index is 1320. The lowest BCUT2D eigenvalue weighted by molar-refractivity contribution is -0.136. The second-order valence-electron chi connectivity index (χ2n) is 10.1. The van der Waals surface area contributed by atoms with Gasteiger partial charge in [0.1, 0.15) is 5.52 Å². The quantitative estimate of drug-likeness (QED) is 0.191. The molecule has 5 nitrogen and oxygen atoms in total. The standard InChI is InChI=1S/C33H38N2O3/c1-5-22(3)32(27-15-17-28(18-16-27)33-35-29-9-7-8-10-30(29)38-33)25(6-2)21-24-11-13-26(14-12-24)23(4)34-20-19-31(36)37/h7-18,22,25,32,34H,4-6,19-21H2,1-3H3,(H,36,37)/t22?,25?,32-/m0/s1.